The molecule has 0 radical (unpaired) electrons. The Morgan fingerprint density at radius 1 is 1.25 bits per heavy atom. The van der Waals surface area contributed by atoms with Gasteiger partial charge in [-0.05, 0) is 38.1 Å². The lowest BCUT2D eigenvalue weighted by Crippen LogP contribution is -2.60. The number of rotatable bonds is 3. The van der Waals surface area contributed by atoms with Crippen LogP contribution in [0.5, 0.6) is 5.75 Å². The SMILES string of the molecule is CN(C(=O)C(C)(C)N1CCNCC1)c1ccc(O)cc1. The summed E-state index contributed by atoms with van der Waals surface area (Å²) in [4.78, 5) is 16.6. The molecule has 20 heavy (non-hydrogen) atoms. The quantitative estimate of drug-likeness (QED) is 0.867. The van der Waals surface area contributed by atoms with Crippen LogP contribution in [0.15, 0.2) is 24.3 Å². The van der Waals surface area contributed by atoms with Gasteiger partial charge in [0.15, 0.2) is 0 Å². The summed E-state index contributed by atoms with van der Waals surface area (Å²) in [7, 11) is 1.78. The molecule has 1 saturated heterocycles. The topological polar surface area (TPSA) is 55.8 Å². The number of anilines is 1. The molecule has 0 spiro atoms. The normalized spacial score (nSPS) is 16.9. The highest BCUT2D eigenvalue weighted by Crippen LogP contribution is 2.23. The number of benzene rings is 1. The van der Waals surface area contributed by atoms with E-state index < -0.39 is 5.54 Å². The molecule has 5 nitrogen and oxygen atoms in total. The fourth-order valence-electron chi connectivity index (χ4n) is 2.56. The summed E-state index contributed by atoms with van der Waals surface area (Å²) in [5.41, 5.74) is 0.255. The Hall–Kier alpha value is -1.59. The van der Waals surface area contributed by atoms with E-state index in [2.05, 4.69) is 10.2 Å². The summed E-state index contributed by atoms with van der Waals surface area (Å²) in [5.74, 6) is 0.265. The number of phenolic OH excluding ortho intramolecular Hbond substituents is 1. The molecule has 2 N–H and O–H groups in total. The molecule has 1 heterocycles. The molecule has 1 fully saturated rings. The van der Waals surface area contributed by atoms with E-state index in [1.54, 1.807) is 36.2 Å². The lowest BCUT2D eigenvalue weighted by atomic mass is 9.99. The van der Waals surface area contributed by atoms with E-state index in [0.717, 1.165) is 31.9 Å². The van der Waals surface area contributed by atoms with Crippen LogP contribution in [0.4, 0.5) is 5.69 Å². The first-order valence-electron chi connectivity index (χ1n) is 6.96. The maximum atomic E-state index is 12.8. The molecule has 0 unspecified atom stereocenters. The van der Waals surface area contributed by atoms with Crippen molar-refractivity contribution in [3.63, 3.8) is 0 Å². The van der Waals surface area contributed by atoms with Crippen molar-refractivity contribution in [2.75, 3.05) is 38.1 Å². The summed E-state index contributed by atoms with van der Waals surface area (Å²) in [6, 6.07) is 6.69. The smallest absolute Gasteiger partial charge is 0.246 e. The third-order valence-electron chi connectivity index (χ3n) is 3.97. The predicted molar refractivity (Wildman–Crippen MR) is 80.0 cm³/mol. The molecule has 110 valence electrons. The number of hydrogen-bond donors (Lipinski definition) is 2. The number of likely N-dealkylation sites (N-methyl/N-ethyl adjacent to an activating group) is 1. The third-order valence-corrected chi connectivity index (χ3v) is 3.97. The van der Waals surface area contributed by atoms with Crippen LogP contribution in [-0.4, -0.2) is 54.7 Å². The number of amides is 1. The maximum absolute atomic E-state index is 12.8. The van der Waals surface area contributed by atoms with Crippen molar-refractivity contribution in [2.24, 2.45) is 0 Å². The fraction of sp³-hybridized carbons (Fsp3) is 0.533. The van der Waals surface area contributed by atoms with E-state index in [-0.39, 0.29) is 11.7 Å². The highest BCUT2D eigenvalue weighted by atomic mass is 16.3. The summed E-state index contributed by atoms with van der Waals surface area (Å²) in [6.45, 7) is 7.53. The summed E-state index contributed by atoms with van der Waals surface area (Å²) in [5, 5.41) is 12.6. The van der Waals surface area contributed by atoms with Crippen molar-refractivity contribution in [3.8, 4) is 5.75 Å². The van der Waals surface area contributed by atoms with Crippen LogP contribution in [0, 0.1) is 0 Å². The number of carbonyl (C=O) groups excluding carboxylic acids is 1. The number of phenols is 1. The summed E-state index contributed by atoms with van der Waals surface area (Å²) in [6.07, 6.45) is 0. The molecular weight excluding hydrogens is 254 g/mol. The maximum Gasteiger partial charge on any atom is 0.246 e. The van der Waals surface area contributed by atoms with E-state index in [4.69, 9.17) is 0 Å². The molecule has 1 aromatic rings. The molecule has 0 atom stereocenters. The second kappa shape index (κ2) is 5.81. The number of nitrogens with zero attached hydrogens (tertiary/aromatic N) is 2. The molecular formula is C15H23N3O2. The summed E-state index contributed by atoms with van der Waals surface area (Å²) < 4.78 is 0. The molecule has 0 bridgehead atoms. The van der Waals surface area contributed by atoms with Gasteiger partial charge in [0.1, 0.15) is 5.75 Å². The van der Waals surface area contributed by atoms with Gasteiger partial charge in [0.05, 0.1) is 5.54 Å². The zero-order valence-electron chi connectivity index (χ0n) is 12.4. The number of piperazine rings is 1. The molecule has 1 aromatic carbocycles. The van der Waals surface area contributed by atoms with Gasteiger partial charge < -0.3 is 15.3 Å². The molecule has 0 aromatic heterocycles. The van der Waals surface area contributed by atoms with Gasteiger partial charge in [-0.15, -0.1) is 0 Å². The Balaban J connectivity index is 2.14. The Labute approximate surface area is 120 Å². The van der Waals surface area contributed by atoms with Crippen molar-refractivity contribution >= 4 is 11.6 Å². The molecule has 0 aliphatic carbocycles. The number of nitrogens with one attached hydrogen (secondary N) is 1. The van der Waals surface area contributed by atoms with Crippen molar-refractivity contribution in [3.05, 3.63) is 24.3 Å². The second-order valence-corrected chi connectivity index (χ2v) is 5.68. The largest absolute Gasteiger partial charge is 0.508 e. The minimum Gasteiger partial charge on any atom is -0.508 e. The van der Waals surface area contributed by atoms with Crippen LogP contribution in [-0.2, 0) is 4.79 Å². The van der Waals surface area contributed by atoms with Gasteiger partial charge in [-0.3, -0.25) is 9.69 Å². The van der Waals surface area contributed by atoms with Crippen LogP contribution >= 0.6 is 0 Å². The molecule has 1 amide bonds. The van der Waals surface area contributed by atoms with Crippen LogP contribution in [0.3, 0.4) is 0 Å². The van der Waals surface area contributed by atoms with Gasteiger partial charge in [0, 0.05) is 38.9 Å². The van der Waals surface area contributed by atoms with Gasteiger partial charge >= 0.3 is 0 Å². The number of aromatic hydroxyl groups is 1. The first kappa shape index (κ1) is 14.8. The first-order valence-corrected chi connectivity index (χ1v) is 6.96. The van der Waals surface area contributed by atoms with Gasteiger partial charge in [0.2, 0.25) is 5.91 Å². The Morgan fingerprint density at radius 2 is 1.80 bits per heavy atom. The molecule has 1 aliphatic rings. The zero-order valence-corrected chi connectivity index (χ0v) is 12.4. The minimum absolute atomic E-state index is 0.0603. The Kier molecular flexibility index (Phi) is 4.30. The van der Waals surface area contributed by atoms with Gasteiger partial charge in [-0.25, -0.2) is 0 Å². The summed E-state index contributed by atoms with van der Waals surface area (Å²) >= 11 is 0. The first-order chi connectivity index (χ1) is 9.43. The molecule has 2 rings (SSSR count). The van der Waals surface area contributed by atoms with Crippen molar-refractivity contribution < 1.29 is 9.90 Å². The van der Waals surface area contributed by atoms with Crippen LogP contribution in [0.2, 0.25) is 0 Å². The van der Waals surface area contributed by atoms with Gasteiger partial charge in [-0.2, -0.15) is 0 Å². The van der Waals surface area contributed by atoms with Crippen molar-refractivity contribution in [1.29, 1.82) is 0 Å². The number of carbonyl (C=O) groups is 1. The Bertz CT molecular complexity index is 465. The standard InChI is InChI=1S/C15H23N3O2/c1-15(2,18-10-8-16-9-11-18)14(20)17(3)12-4-6-13(19)7-5-12/h4-7,16,19H,8-11H2,1-3H3. The average molecular weight is 277 g/mol. The zero-order chi connectivity index (χ0) is 14.8. The molecule has 5 heteroatoms. The molecule has 0 saturated carbocycles. The number of hydrogen-bond acceptors (Lipinski definition) is 4. The minimum atomic E-state index is -0.533. The fourth-order valence-corrected chi connectivity index (χ4v) is 2.56. The van der Waals surface area contributed by atoms with Gasteiger partial charge in [0.25, 0.3) is 0 Å². The third kappa shape index (κ3) is 2.94. The van der Waals surface area contributed by atoms with E-state index in [0.29, 0.717) is 0 Å². The molecule has 1 aliphatic heterocycles. The van der Waals surface area contributed by atoms with Crippen LogP contribution in [0.1, 0.15) is 13.8 Å². The van der Waals surface area contributed by atoms with E-state index in [1.165, 1.54) is 0 Å². The van der Waals surface area contributed by atoms with E-state index in [9.17, 15) is 9.90 Å². The highest BCUT2D eigenvalue weighted by Gasteiger charge is 2.37. The van der Waals surface area contributed by atoms with Crippen molar-refractivity contribution in [2.45, 2.75) is 19.4 Å². The second-order valence-electron chi connectivity index (χ2n) is 5.68. The van der Waals surface area contributed by atoms with Gasteiger partial charge in [-0.1, -0.05) is 0 Å². The average Bonchev–Trinajstić information content (AvgIpc) is 2.47. The van der Waals surface area contributed by atoms with E-state index >= 15 is 0 Å². The lowest BCUT2D eigenvalue weighted by Gasteiger charge is -2.41. The monoisotopic (exact) mass is 277 g/mol. The lowest BCUT2D eigenvalue weighted by molar-refractivity contribution is -0.129. The van der Waals surface area contributed by atoms with E-state index in [1.807, 2.05) is 13.8 Å². The van der Waals surface area contributed by atoms with Crippen LogP contribution < -0.4 is 10.2 Å². The van der Waals surface area contributed by atoms with Crippen molar-refractivity contribution in [1.82, 2.24) is 10.2 Å². The highest BCUT2D eigenvalue weighted by molar-refractivity contribution is 5.99. The Morgan fingerprint density at radius 3 is 2.35 bits per heavy atom. The van der Waals surface area contributed by atoms with Crippen LogP contribution in [0.25, 0.3) is 0 Å². The predicted octanol–water partition coefficient (Wildman–Crippen LogP) is 1.04.